The number of halogens is 2. The van der Waals surface area contributed by atoms with Gasteiger partial charge in [-0.05, 0) is 60.8 Å². The smallest absolute Gasteiger partial charge is 0.251 e. The molecule has 2 fully saturated rings. The Labute approximate surface area is 230 Å². The average Bonchev–Trinajstić information content (AvgIpc) is 2.96. The number of carbonyl (C=O) groups excluding carboxylic acids is 1. The van der Waals surface area contributed by atoms with E-state index < -0.39 is 0 Å². The van der Waals surface area contributed by atoms with Crippen LogP contribution in [0.1, 0.15) is 49.4 Å². The molecule has 37 heavy (non-hydrogen) atoms. The van der Waals surface area contributed by atoms with Crippen molar-refractivity contribution >= 4 is 34.8 Å². The van der Waals surface area contributed by atoms with Gasteiger partial charge in [0, 0.05) is 50.2 Å². The zero-order valence-corrected chi connectivity index (χ0v) is 23.0. The van der Waals surface area contributed by atoms with Crippen LogP contribution in [0.3, 0.4) is 0 Å². The number of aromatic nitrogens is 1. The van der Waals surface area contributed by atoms with Gasteiger partial charge in [0.15, 0.2) is 0 Å². The largest absolute Gasteiger partial charge is 0.368 e. The molecule has 1 amide bonds. The Morgan fingerprint density at radius 1 is 0.919 bits per heavy atom. The van der Waals surface area contributed by atoms with Gasteiger partial charge < -0.3 is 15.1 Å². The van der Waals surface area contributed by atoms with Crippen LogP contribution in [0.4, 0.5) is 5.69 Å². The van der Waals surface area contributed by atoms with Gasteiger partial charge in [0.25, 0.3) is 5.91 Å². The van der Waals surface area contributed by atoms with Crippen molar-refractivity contribution in [1.29, 1.82) is 0 Å². The van der Waals surface area contributed by atoms with Gasteiger partial charge in [-0.1, -0.05) is 73.7 Å². The van der Waals surface area contributed by atoms with Crippen molar-refractivity contribution in [2.75, 3.05) is 37.6 Å². The molecular weight excluding hydrogens is 503 g/mol. The number of benzene rings is 2. The molecule has 1 aliphatic carbocycles. The molecule has 5 rings (SSSR count). The summed E-state index contributed by atoms with van der Waals surface area (Å²) >= 11 is 12.2. The number of hydrogen-bond acceptors (Lipinski definition) is 4. The van der Waals surface area contributed by atoms with Gasteiger partial charge in [-0.15, -0.1) is 0 Å². The summed E-state index contributed by atoms with van der Waals surface area (Å²) in [5, 5.41) is 4.45. The van der Waals surface area contributed by atoms with Gasteiger partial charge in [-0.2, -0.15) is 0 Å². The van der Waals surface area contributed by atoms with E-state index in [-0.39, 0.29) is 5.91 Å². The Hall–Kier alpha value is -2.60. The first-order valence-electron chi connectivity index (χ1n) is 13.3. The maximum Gasteiger partial charge on any atom is 0.251 e. The van der Waals surface area contributed by atoms with Gasteiger partial charge in [0.2, 0.25) is 0 Å². The van der Waals surface area contributed by atoms with Gasteiger partial charge in [-0.3, -0.25) is 9.78 Å². The summed E-state index contributed by atoms with van der Waals surface area (Å²) in [5.74, 6) is 0.0413. The molecule has 0 bridgehead atoms. The molecule has 2 heterocycles. The standard InChI is InChI=1S/C18H20N2O.C12H16Cl2N2/c21-18(20-17-6-2-1-3-7-17)15-10-8-14(9-11-15)16-5-4-12-19-13-16;1-2-15-6-8-16(9-7-15)11-5-3-4-10(13)12(11)14/h4-5,8-13,17H,1-3,6-7H2,(H,20,21);3-5H,2,6-9H2,1H3. The van der Waals surface area contributed by atoms with Crippen LogP contribution in [-0.2, 0) is 0 Å². The van der Waals surface area contributed by atoms with Crippen LogP contribution >= 0.6 is 23.2 Å². The number of pyridine rings is 1. The topological polar surface area (TPSA) is 48.5 Å². The Morgan fingerprint density at radius 2 is 1.65 bits per heavy atom. The third kappa shape index (κ3) is 7.70. The number of amides is 1. The molecule has 0 spiro atoms. The van der Waals surface area contributed by atoms with Crippen molar-refractivity contribution in [2.45, 2.75) is 45.1 Å². The zero-order valence-electron chi connectivity index (χ0n) is 21.5. The van der Waals surface area contributed by atoms with Crippen LogP contribution < -0.4 is 10.2 Å². The second-order valence-corrected chi connectivity index (χ2v) is 10.4. The Bertz CT molecular complexity index is 1130. The third-order valence-corrected chi connectivity index (χ3v) is 7.98. The molecule has 196 valence electrons. The second kappa shape index (κ2) is 13.8. The minimum Gasteiger partial charge on any atom is -0.368 e. The van der Waals surface area contributed by atoms with Crippen LogP contribution in [0, 0.1) is 0 Å². The van der Waals surface area contributed by atoms with E-state index in [1.54, 1.807) is 6.20 Å². The van der Waals surface area contributed by atoms with Crippen molar-refractivity contribution in [3.05, 3.63) is 82.6 Å². The summed E-state index contributed by atoms with van der Waals surface area (Å²) in [6, 6.07) is 17.8. The number of nitrogens with one attached hydrogen (secondary N) is 1. The first kappa shape index (κ1) is 27.4. The van der Waals surface area contributed by atoms with Crippen LogP contribution in [0.2, 0.25) is 10.0 Å². The number of hydrogen-bond donors (Lipinski definition) is 1. The summed E-state index contributed by atoms with van der Waals surface area (Å²) in [6.07, 6.45) is 9.56. The molecule has 1 aromatic heterocycles. The average molecular weight is 540 g/mol. The van der Waals surface area contributed by atoms with E-state index in [4.69, 9.17) is 23.2 Å². The van der Waals surface area contributed by atoms with Gasteiger partial charge in [-0.25, -0.2) is 0 Å². The van der Waals surface area contributed by atoms with E-state index in [0.717, 1.165) is 67.9 Å². The van der Waals surface area contributed by atoms with Gasteiger partial charge >= 0.3 is 0 Å². The lowest BCUT2D eigenvalue weighted by molar-refractivity contribution is 0.0927. The number of nitrogens with zero attached hydrogens (tertiary/aromatic N) is 3. The molecule has 0 radical (unpaired) electrons. The minimum atomic E-state index is 0.0413. The summed E-state index contributed by atoms with van der Waals surface area (Å²) in [6.45, 7) is 7.56. The van der Waals surface area contributed by atoms with Crippen LogP contribution in [0.15, 0.2) is 67.0 Å². The van der Waals surface area contributed by atoms with Crippen LogP contribution in [0.25, 0.3) is 11.1 Å². The molecule has 2 aliphatic rings. The molecular formula is C30H36Cl2N4O. The SMILES string of the molecule is CCN1CCN(c2cccc(Cl)c2Cl)CC1.O=C(NC1CCCCC1)c1ccc(-c2cccnc2)cc1. The molecule has 2 aromatic carbocycles. The van der Waals surface area contributed by atoms with Crippen LogP contribution in [0.5, 0.6) is 0 Å². The fourth-order valence-corrected chi connectivity index (χ4v) is 5.32. The Kier molecular flexibility index (Phi) is 10.2. The summed E-state index contributed by atoms with van der Waals surface area (Å²) in [4.78, 5) is 21.1. The number of carbonyl (C=O) groups is 1. The van der Waals surface area contributed by atoms with Gasteiger partial charge in [0.1, 0.15) is 0 Å². The lowest BCUT2D eigenvalue weighted by Gasteiger charge is -2.36. The summed E-state index contributed by atoms with van der Waals surface area (Å²) in [7, 11) is 0. The van der Waals surface area contributed by atoms with Crippen molar-refractivity contribution in [2.24, 2.45) is 0 Å². The quantitative estimate of drug-likeness (QED) is 0.381. The normalized spacial score (nSPS) is 16.6. The van der Waals surface area contributed by atoms with E-state index in [1.165, 1.54) is 19.3 Å². The molecule has 0 atom stereocenters. The van der Waals surface area contributed by atoms with Crippen molar-refractivity contribution in [1.82, 2.24) is 15.2 Å². The minimum absolute atomic E-state index is 0.0413. The summed E-state index contributed by atoms with van der Waals surface area (Å²) in [5.41, 5.74) is 3.94. The zero-order chi connectivity index (χ0) is 26.0. The highest BCUT2D eigenvalue weighted by Gasteiger charge is 2.19. The first-order valence-corrected chi connectivity index (χ1v) is 14.0. The molecule has 5 nitrogen and oxygen atoms in total. The fourth-order valence-electron chi connectivity index (χ4n) is 4.90. The number of rotatable bonds is 5. The number of anilines is 1. The fraction of sp³-hybridized carbons (Fsp3) is 0.400. The van der Waals surface area contributed by atoms with E-state index in [0.29, 0.717) is 16.1 Å². The molecule has 1 N–H and O–H groups in total. The molecule has 0 unspecified atom stereocenters. The molecule has 1 saturated carbocycles. The van der Waals surface area contributed by atoms with Crippen molar-refractivity contribution < 1.29 is 4.79 Å². The highest BCUT2D eigenvalue weighted by molar-refractivity contribution is 6.43. The lowest BCUT2D eigenvalue weighted by Crippen LogP contribution is -2.46. The Morgan fingerprint density at radius 3 is 2.30 bits per heavy atom. The van der Waals surface area contributed by atoms with E-state index >= 15 is 0 Å². The predicted molar refractivity (Wildman–Crippen MR) is 155 cm³/mol. The third-order valence-electron chi connectivity index (χ3n) is 7.17. The monoisotopic (exact) mass is 538 g/mol. The highest BCUT2D eigenvalue weighted by atomic mass is 35.5. The van der Waals surface area contributed by atoms with E-state index in [2.05, 4.69) is 27.0 Å². The molecule has 3 aromatic rings. The second-order valence-electron chi connectivity index (χ2n) is 9.62. The van der Waals surface area contributed by atoms with E-state index in [9.17, 15) is 4.79 Å². The lowest BCUT2D eigenvalue weighted by atomic mass is 9.95. The summed E-state index contributed by atoms with van der Waals surface area (Å²) < 4.78 is 0. The molecule has 1 saturated heterocycles. The first-order chi connectivity index (χ1) is 18.0. The predicted octanol–water partition coefficient (Wildman–Crippen LogP) is 6.95. The maximum atomic E-state index is 12.2. The Balaban J connectivity index is 0.000000180. The highest BCUT2D eigenvalue weighted by Crippen LogP contribution is 2.32. The molecule has 7 heteroatoms. The van der Waals surface area contributed by atoms with Crippen molar-refractivity contribution in [3.63, 3.8) is 0 Å². The van der Waals surface area contributed by atoms with Crippen LogP contribution in [-0.4, -0.2) is 54.6 Å². The number of piperazine rings is 1. The maximum absolute atomic E-state index is 12.2. The van der Waals surface area contributed by atoms with Gasteiger partial charge in [0.05, 0.1) is 15.7 Å². The number of likely N-dealkylation sites (N-methyl/N-ethyl adjacent to an activating group) is 1. The van der Waals surface area contributed by atoms with E-state index in [1.807, 2.05) is 60.8 Å². The van der Waals surface area contributed by atoms with Crippen molar-refractivity contribution in [3.8, 4) is 11.1 Å². The molecule has 1 aliphatic heterocycles.